The zero-order valence-electron chi connectivity index (χ0n) is 11.8. The number of nitrogens with one attached hydrogen (secondary N) is 2. The van der Waals surface area contributed by atoms with Crippen molar-refractivity contribution >= 4 is 11.6 Å². The SMILES string of the molecule is COc1ccc(NC(=O)CN2C[C@H]3CNC[C@H]3C2)cc1. The molecule has 5 nitrogen and oxygen atoms in total. The van der Waals surface area contributed by atoms with E-state index in [9.17, 15) is 4.79 Å². The van der Waals surface area contributed by atoms with Gasteiger partial charge >= 0.3 is 0 Å². The first-order valence-electron chi connectivity index (χ1n) is 7.11. The van der Waals surface area contributed by atoms with Crippen LogP contribution in [-0.4, -0.2) is 50.6 Å². The number of benzene rings is 1. The summed E-state index contributed by atoms with van der Waals surface area (Å²) in [5.74, 6) is 2.30. The molecule has 0 spiro atoms. The first-order chi connectivity index (χ1) is 9.74. The van der Waals surface area contributed by atoms with Crippen LogP contribution in [0.1, 0.15) is 0 Å². The number of likely N-dealkylation sites (tertiary alicyclic amines) is 1. The van der Waals surface area contributed by atoms with E-state index in [1.165, 1.54) is 0 Å². The standard InChI is InChI=1S/C15H21N3O2/c1-20-14-4-2-13(3-5-14)17-15(19)10-18-8-11-6-16-7-12(11)9-18/h2-5,11-12,16H,6-10H2,1H3,(H,17,19)/t11-,12+. The van der Waals surface area contributed by atoms with Gasteiger partial charge in [0.2, 0.25) is 5.91 Å². The summed E-state index contributed by atoms with van der Waals surface area (Å²) >= 11 is 0. The van der Waals surface area contributed by atoms with Crippen LogP contribution < -0.4 is 15.4 Å². The molecule has 2 N–H and O–H groups in total. The van der Waals surface area contributed by atoms with Gasteiger partial charge in [-0.15, -0.1) is 0 Å². The number of fused-ring (bicyclic) bond motifs is 1. The topological polar surface area (TPSA) is 53.6 Å². The van der Waals surface area contributed by atoms with E-state index in [2.05, 4.69) is 15.5 Å². The zero-order valence-corrected chi connectivity index (χ0v) is 11.8. The second kappa shape index (κ2) is 5.81. The van der Waals surface area contributed by atoms with Crippen LogP contribution in [0, 0.1) is 11.8 Å². The van der Waals surface area contributed by atoms with E-state index in [0.717, 1.165) is 49.5 Å². The van der Waals surface area contributed by atoms with Crippen LogP contribution in [0.3, 0.4) is 0 Å². The molecule has 3 rings (SSSR count). The third-order valence-corrected chi connectivity index (χ3v) is 4.21. The van der Waals surface area contributed by atoms with Crippen molar-refractivity contribution in [2.24, 2.45) is 11.8 Å². The molecule has 20 heavy (non-hydrogen) atoms. The lowest BCUT2D eigenvalue weighted by molar-refractivity contribution is -0.117. The molecule has 1 aromatic rings. The number of carbonyl (C=O) groups excluding carboxylic acids is 1. The summed E-state index contributed by atoms with van der Waals surface area (Å²) in [7, 11) is 1.63. The first kappa shape index (κ1) is 13.4. The maximum atomic E-state index is 12.0. The Hall–Kier alpha value is -1.59. The number of anilines is 1. The van der Waals surface area contributed by atoms with Gasteiger partial charge in [-0.2, -0.15) is 0 Å². The third-order valence-electron chi connectivity index (χ3n) is 4.21. The lowest BCUT2D eigenvalue weighted by Gasteiger charge is -2.16. The number of ether oxygens (including phenoxy) is 1. The molecule has 0 bridgehead atoms. The molecular weight excluding hydrogens is 254 g/mol. The van der Waals surface area contributed by atoms with E-state index in [4.69, 9.17) is 4.74 Å². The Labute approximate surface area is 119 Å². The van der Waals surface area contributed by atoms with Gasteiger partial charge in [-0.05, 0) is 49.2 Å². The molecule has 2 saturated heterocycles. The molecule has 2 atom stereocenters. The van der Waals surface area contributed by atoms with Crippen LogP contribution in [0.5, 0.6) is 5.75 Å². The molecule has 1 amide bonds. The van der Waals surface area contributed by atoms with Crippen molar-refractivity contribution in [1.29, 1.82) is 0 Å². The van der Waals surface area contributed by atoms with Crippen molar-refractivity contribution in [3.63, 3.8) is 0 Å². The van der Waals surface area contributed by atoms with Gasteiger partial charge in [0.15, 0.2) is 0 Å². The van der Waals surface area contributed by atoms with Crippen LogP contribution in [0.4, 0.5) is 5.69 Å². The summed E-state index contributed by atoms with van der Waals surface area (Å²) in [5.41, 5.74) is 0.817. The van der Waals surface area contributed by atoms with Crippen LogP contribution in [0.25, 0.3) is 0 Å². The number of hydrogen-bond donors (Lipinski definition) is 2. The number of hydrogen-bond acceptors (Lipinski definition) is 4. The molecule has 5 heteroatoms. The molecule has 0 radical (unpaired) electrons. The van der Waals surface area contributed by atoms with Gasteiger partial charge in [-0.1, -0.05) is 0 Å². The van der Waals surface area contributed by atoms with Gasteiger partial charge in [0.05, 0.1) is 13.7 Å². The summed E-state index contributed by atoms with van der Waals surface area (Å²) in [5, 5.41) is 6.34. The van der Waals surface area contributed by atoms with Gasteiger partial charge in [-0.3, -0.25) is 9.69 Å². The normalized spacial score (nSPS) is 25.4. The average molecular weight is 275 g/mol. The van der Waals surface area contributed by atoms with Gasteiger partial charge in [0.25, 0.3) is 0 Å². The molecule has 2 fully saturated rings. The molecule has 0 saturated carbocycles. The molecular formula is C15H21N3O2. The lowest BCUT2D eigenvalue weighted by Crippen LogP contribution is -2.33. The quantitative estimate of drug-likeness (QED) is 0.853. The fraction of sp³-hybridized carbons (Fsp3) is 0.533. The largest absolute Gasteiger partial charge is 0.497 e. The molecule has 2 aliphatic heterocycles. The van der Waals surface area contributed by atoms with Crippen molar-refractivity contribution in [3.8, 4) is 5.75 Å². The summed E-state index contributed by atoms with van der Waals surface area (Å²) in [6.45, 7) is 4.75. The Morgan fingerprint density at radius 1 is 1.30 bits per heavy atom. The fourth-order valence-electron chi connectivity index (χ4n) is 3.16. The van der Waals surface area contributed by atoms with Crippen LogP contribution in [-0.2, 0) is 4.79 Å². The Bertz CT molecular complexity index is 463. The predicted octanol–water partition coefficient (Wildman–Crippen LogP) is 0.785. The monoisotopic (exact) mass is 275 g/mol. The molecule has 2 heterocycles. The second-order valence-corrected chi connectivity index (χ2v) is 5.65. The van der Waals surface area contributed by atoms with Gasteiger partial charge in [-0.25, -0.2) is 0 Å². The average Bonchev–Trinajstić information content (AvgIpc) is 3.00. The predicted molar refractivity (Wildman–Crippen MR) is 77.9 cm³/mol. The lowest BCUT2D eigenvalue weighted by atomic mass is 10.0. The fourth-order valence-corrected chi connectivity index (χ4v) is 3.16. The summed E-state index contributed by atoms with van der Waals surface area (Å²) in [6.07, 6.45) is 0. The van der Waals surface area contributed by atoms with E-state index in [1.54, 1.807) is 7.11 Å². The van der Waals surface area contributed by atoms with E-state index < -0.39 is 0 Å². The summed E-state index contributed by atoms with van der Waals surface area (Å²) in [6, 6.07) is 7.42. The van der Waals surface area contributed by atoms with E-state index in [0.29, 0.717) is 6.54 Å². The van der Waals surface area contributed by atoms with Crippen molar-refractivity contribution < 1.29 is 9.53 Å². The minimum atomic E-state index is 0.0584. The zero-order chi connectivity index (χ0) is 13.9. The summed E-state index contributed by atoms with van der Waals surface area (Å²) < 4.78 is 5.10. The van der Waals surface area contributed by atoms with Gasteiger partial charge < -0.3 is 15.4 Å². The van der Waals surface area contributed by atoms with Crippen molar-refractivity contribution in [2.75, 3.05) is 45.2 Å². The molecule has 2 aliphatic rings. The molecule has 0 unspecified atom stereocenters. The third kappa shape index (κ3) is 2.94. The Morgan fingerprint density at radius 2 is 1.95 bits per heavy atom. The molecule has 108 valence electrons. The van der Waals surface area contributed by atoms with Crippen molar-refractivity contribution in [3.05, 3.63) is 24.3 Å². The Kier molecular flexibility index (Phi) is 3.89. The van der Waals surface area contributed by atoms with Gasteiger partial charge in [0, 0.05) is 18.8 Å². The first-order valence-corrected chi connectivity index (χ1v) is 7.11. The van der Waals surface area contributed by atoms with Crippen molar-refractivity contribution in [2.45, 2.75) is 0 Å². The number of methoxy groups -OCH3 is 1. The van der Waals surface area contributed by atoms with E-state index >= 15 is 0 Å². The van der Waals surface area contributed by atoms with Crippen LogP contribution >= 0.6 is 0 Å². The Morgan fingerprint density at radius 3 is 2.55 bits per heavy atom. The second-order valence-electron chi connectivity index (χ2n) is 5.65. The molecule has 0 aromatic heterocycles. The highest BCUT2D eigenvalue weighted by atomic mass is 16.5. The Balaban J connectivity index is 1.49. The van der Waals surface area contributed by atoms with Gasteiger partial charge in [0.1, 0.15) is 5.75 Å². The highest BCUT2D eigenvalue weighted by molar-refractivity contribution is 5.92. The van der Waals surface area contributed by atoms with Crippen LogP contribution in [0.2, 0.25) is 0 Å². The number of amides is 1. The number of carbonyl (C=O) groups is 1. The maximum Gasteiger partial charge on any atom is 0.238 e. The molecule has 0 aliphatic carbocycles. The minimum Gasteiger partial charge on any atom is -0.497 e. The highest BCUT2D eigenvalue weighted by Crippen LogP contribution is 2.25. The minimum absolute atomic E-state index is 0.0584. The highest BCUT2D eigenvalue weighted by Gasteiger charge is 2.36. The van der Waals surface area contributed by atoms with Crippen molar-refractivity contribution in [1.82, 2.24) is 10.2 Å². The van der Waals surface area contributed by atoms with E-state index in [1.807, 2.05) is 24.3 Å². The summed E-state index contributed by atoms with van der Waals surface area (Å²) in [4.78, 5) is 14.3. The molecule has 1 aromatic carbocycles. The van der Waals surface area contributed by atoms with Crippen LogP contribution in [0.15, 0.2) is 24.3 Å². The maximum absolute atomic E-state index is 12.0. The smallest absolute Gasteiger partial charge is 0.238 e. The van der Waals surface area contributed by atoms with E-state index in [-0.39, 0.29) is 5.91 Å². The number of rotatable bonds is 4. The number of nitrogens with zero attached hydrogens (tertiary/aromatic N) is 1.